The SMILES string of the molecule is COc1ccc(C(C)N(C)C(=O)c2ccc(OC3CCCC3)c(OC)c2)cc1. The van der Waals surface area contributed by atoms with Gasteiger partial charge in [0.2, 0.25) is 0 Å². The quantitative estimate of drug-likeness (QED) is 0.685. The molecule has 2 aromatic rings. The molecule has 3 rings (SSSR count). The fourth-order valence-corrected chi connectivity index (χ4v) is 3.57. The number of carbonyl (C=O) groups is 1. The molecule has 1 aliphatic carbocycles. The van der Waals surface area contributed by atoms with Gasteiger partial charge >= 0.3 is 0 Å². The van der Waals surface area contributed by atoms with Crippen molar-refractivity contribution in [2.45, 2.75) is 44.8 Å². The molecule has 150 valence electrons. The van der Waals surface area contributed by atoms with Crippen molar-refractivity contribution < 1.29 is 19.0 Å². The first-order valence-electron chi connectivity index (χ1n) is 9.79. The number of hydrogen-bond acceptors (Lipinski definition) is 4. The van der Waals surface area contributed by atoms with Gasteiger partial charge in [0.25, 0.3) is 5.91 Å². The fraction of sp³-hybridized carbons (Fsp3) is 0.435. The van der Waals surface area contributed by atoms with E-state index in [2.05, 4.69) is 0 Å². The highest BCUT2D eigenvalue weighted by Gasteiger charge is 2.22. The maximum absolute atomic E-state index is 13.0. The number of rotatable bonds is 7. The summed E-state index contributed by atoms with van der Waals surface area (Å²) in [6.07, 6.45) is 4.81. The van der Waals surface area contributed by atoms with Gasteiger partial charge in [0.1, 0.15) is 5.75 Å². The topological polar surface area (TPSA) is 48.0 Å². The zero-order chi connectivity index (χ0) is 20.1. The van der Waals surface area contributed by atoms with Crippen molar-refractivity contribution in [3.63, 3.8) is 0 Å². The van der Waals surface area contributed by atoms with Crippen molar-refractivity contribution in [3.8, 4) is 17.2 Å². The van der Waals surface area contributed by atoms with Gasteiger partial charge in [0.05, 0.1) is 26.4 Å². The normalized spacial score (nSPS) is 15.1. The number of nitrogens with zero attached hydrogens (tertiary/aromatic N) is 1. The summed E-state index contributed by atoms with van der Waals surface area (Å²) >= 11 is 0. The lowest BCUT2D eigenvalue weighted by Gasteiger charge is -2.26. The molecule has 5 heteroatoms. The van der Waals surface area contributed by atoms with E-state index in [0.29, 0.717) is 17.1 Å². The molecule has 0 saturated heterocycles. The second-order valence-corrected chi connectivity index (χ2v) is 7.26. The Morgan fingerprint density at radius 2 is 1.68 bits per heavy atom. The molecule has 1 fully saturated rings. The molecular formula is C23H29NO4. The van der Waals surface area contributed by atoms with E-state index in [1.165, 1.54) is 12.8 Å². The molecule has 0 aromatic heterocycles. The largest absolute Gasteiger partial charge is 0.497 e. The van der Waals surface area contributed by atoms with Gasteiger partial charge in [-0.05, 0) is 68.5 Å². The van der Waals surface area contributed by atoms with Gasteiger partial charge in [-0.1, -0.05) is 12.1 Å². The summed E-state index contributed by atoms with van der Waals surface area (Å²) in [5, 5.41) is 0. The molecule has 0 aliphatic heterocycles. The van der Waals surface area contributed by atoms with Crippen molar-refractivity contribution in [2.75, 3.05) is 21.3 Å². The molecule has 0 spiro atoms. The number of ether oxygens (including phenoxy) is 3. The van der Waals surface area contributed by atoms with E-state index in [0.717, 1.165) is 24.2 Å². The third kappa shape index (κ3) is 4.41. The fourth-order valence-electron chi connectivity index (χ4n) is 3.57. The summed E-state index contributed by atoms with van der Waals surface area (Å²) in [6, 6.07) is 13.1. The van der Waals surface area contributed by atoms with Crippen molar-refractivity contribution >= 4 is 5.91 Å². The molecule has 1 atom stereocenters. The van der Waals surface area contributed by atoms with Gasteiger partial charge in [0, 0.05) is 12.6 Å². The average Bonchev–Trinajstić information content (AvgIpc) is 3.25. The Labute approximate surface area is 167 Å². The molecule has 1 amide bonds. The number of methoxy groups -OCH3 is 2. The zero-order valence-corrected chi connectivity index (χ0v) is 17.1. The second kappa shape index (κ2) is 9.00. The van der Waals surface area contributed by atoms with Crippen LogP contribution in [0.25, 0.3) is 0 Å². The lowest BCUT2D eigenvalue weighted by Crippen LogP contribution is -2.29. The Hall–Kier alpha value is -2.69. The van der Waals surface area contributed by atoms with Crippen LogP contribution in [0.15, 0.2) is 42.5 Å². The van der Waals surface area contributed by atoms with Crippen LogP contribution in [0.2, 0.25) is 0 Å². The molecule has 1 unspecified atom stereocenters. The summed E-state index contributed by atoms with van der Waals surface area (Å²) in [6.45, 7) is 2.01. The van der Waals surface area contributed by atoms with Crippen LogP contribution in [0.4, 0.5) is 0 Å². The summed E-state index contributed by atoms with van der Waals surface area (Å²) in [5.41, 5.74) is 1.63. The Morgan fingerprint density at radius 3 is 2.29 bits per heavy atom. The molecular weight excluding hydrogens is 354 g/mol. The van der Waals surface area contributed by atoms with Crippen LogP contribution in [0.5, 0.6) is 17.2 Å². The third-order valence-corrected chi connectivity index (χ3v) is 5.51. The molecule has 0 N–H and O–H groups in total. The monoisotopic (exact) mass is 383 g/mol. The van der Waals surface area contributed by atoms with Gasteiger partial charge in [-0.2, -0.15) is 0 Å². The first-order chi connectivity index (χ1) is 13.5. The van der Waals surface area contributed by atoms with Gasteiger partial charge in [-0.3, -0.25) is 4.79 Å². The van der Waals surface area contributed by atoms with Crippen molar-refractivity contribution in [1.29, 1.82) is 0 Å². The number of carbonyl (C=O) groups excluding carboxylic acids is 1. The molecule has 1 saturated carbocycles. The van der Waals surface area contributed by atoms with Crippen LogP contribution in [0.3, 0.4) is 0 Å². The molecule has 5 nitrogen and oxygen atoms in total. The second-order valence-electron chi connectivity index (χ2n) is 7.26. The van der Waals surface area contributed by atoms with Crippen LogP contribution in [0.1, 0.15) is 54.6 Å². The minimum Gasteiger partial charge on any atom is -0.497 e. The maximum Gasteiger partial charge on any atom is 0.254 e. The van der Waals surface area contributed by atoms with Crippen LogP contribution in [0, 0.1) is 0 Å². The Morgan fingerprint density at radius 1 is 1.00 bits per heavy atom. The highest BCUT2D eigenvalue weighted by atomic mass is 16.5. The molecule has 1 aliphatic rings. The summed E-state index contributed by atoms with van der Waals surface area (Å²) < 4.78 is 16.8. The van der Waals surface area contributed by atoms with Gasteiger partial charge in [-0.15, -0.1) is 0 Å². The number of hydrogen-bond donors (Lipinski definition) is 0. The van der Waals surface area contributed by atoms with E-state index in [-0.39, 0.29) is 18.1 Å². The highest BCUT2D eigenvalue weighted by Crippen LogP contribution is 2.33. The van der Waals surface area contributed by atoms with Crippen LogP contribution in [-0.2, 0) is 0 Å². The molecule has 0 bridgehead atoms. The summed E-state index contributed by atoms with van der Waals surface area (Å²) in [4.78, 5) is 14.7. The minimum absolute atomic E-state index is 0.0611. The van der Waals surface area contributed by atoms with Gasteiger partial charge < -0.3 is 19.1 Å². The van der Waals surface area contributed by atoms with E-state index < -0.39 is 0 Å². The molecule has 0 heterocycles. The predicted octanol–water partition coefficient (Wildman–Crippen LogP) is 4.86. The lowest BCUT2D eigenvalue weighted by atomic mass is 10.1. The minimum atomic E-state index is -0.0705. The highest BCUT2D eigenvalue weighted by molar-refractivity contribution is 5.95. The Kier molecular flexibility index (Phi) is 6.45. The first-order valence-corrected chi connectivity index (χ1v) is 9.79. The van der Waals surface area contributed by atoms with Crippen molar-refractivity contribution in [1.82, 2.24) is 4.90 Å². The van der Waals surface area contributed by atoms with E-state index in [9.17, 15) is 4.79 Å². The standard InChI is InChI=1S/C23H29NO4/c1-16(17-9-12-19(26-3)13-10-17)24(2)23(25)18-11-14-21(22(15-18)27-4)28-20-7-5-6-8-20/h9-16,20H,5-8H2,1-4H3. The van der Waals surface area contributed by atoms with E-state index in [4.69, 9.17) is 14.2 Å². The zero-order valence-electron chi connectivity index (χ0n) is 17.1. The molecule has 2 aromatic carbocycles. The lowest BCUT2D eigenvalue weighted by molar-refractivity contribution is 0.0742. The smallest absolute Gasteiger partial charge is 0.254 e. The van der Waals surface area contributed by atoms with Crippen LogP contribution >= 0.6 is 0 Å². The average molecular weight is 383 g/mol. The van der Waals surface area contributed by atoms with Gasteiger partial charge in [-0.25, -0.2) is 0 Å². The van der Waals surface area contributed by atoms with Crippen molar-refractivity contribution in [2.24, 2.45) is 0 Å². The Bertz CT molecular complexity index is 797. The maximum atomic E-state index is 13.0. The van der Waals surface area contributed by atoms with Crippen LogP contribution < -0.4 is 14.2 Å². The van der Waals surface area contributed by atoms with Gasteiger partial charge in [0.15, 0.2) is 11.5 Å². The molecule has 28 heavy (non-hydrogen) atoms. The molecule has 0 radical (unpaired) electrons. The third-order valence-electron chi connectivity index (χ3n) is 5.51. The number of amides is 1. The summed E-state index contributed by atoms with van der Waals surface area (Å²) in [5.74, 6) is 2.04. The Balaban J connectivity index is 1.74. The summed E-state index contributed by atoms with van der Waals surface area (Å²) in [7, 11) is 5.06. The van der Waals surface area contributed by atoms with E-state index >= 15 is 0 Å². The van der Waals surface area contributed by atoms with E-state index in [1.54, 1.807) is 25.2 Å². The van der Waals surface area contributed by atoms with E-state index in [1.807, 2.05) is 50.4 Å². The number of benzene rings is 2. The first kappa shape index (κ1) is 20.1. The predicted molar refractivity (Wildman–Crippen MR) is 109 cm³/mol. The van der Waals surface area contributed by atoms with Crippen LogP contribution in [-0.4, -0.2) is 38.2 Å². The van der Waals surface area contributed by atoms with Crippen molar-refractivity contribution in [3.05, 3.63) is 53.6 Å².